The third kappa shape index (κ3) is 2.84. The number of hydrogen-bond donors (Lipinski definition) is 1. The van der Waals surface area contributed by atoms with Crippen LogP contribution in [0.3, 0.4) is 0 Å². The topological polar surface area (TPSA) is 62.5 Å². The molecule has 0 radical (unpaired) electrons. The van der Waals surface area contributed by atoms with Gasteiger partial charge in [0.2, 0.25) is 0 Å². The van der Waals surface area contributed by atoms with Gasteiger partial charge in [0.25, 0.3) is 0 Å². The summed E-state index contributed by atoms with van der Waals surface area (Å²) >= 11 is 0. The zero-order valence-corrected chi connectivity index (χ0v) is 12.5. The third-order valence-electron chi connectivity index (χ3n) is 3.90. The van der Waals surface area contributed by atoms with Gasteiger partial charge in [0.1, 0.15) is 5.82 Å². The van der Waals surface area contributed by atoms with Crippen LogP contribution in [0.2, 0.25) is 0 Å². The van der Waals surface area contributed by atoms with Gasteiger partial charge < -0.3 is 10.2 Å². The minimum Gasteiger partial charge on any atom is -0.336 e. The van der Waals surface area contributed by atoms with E-state index in [4.69, 9.17) is 0 Å². The second-order valence-corrected chi connectivity index (χ2v) is 5.85. The molecule has 3 rings (SSSR count). The molecule has 1 fully saturated rings. The number of aromatic nitrogens is 3. The van der Waals surface area contributed by atoms with Crippen LogP contribution in [0.15, 0.2) is 24.4 Å². The molecule has 2 aromatic rings. The van der Waals surface area contributed by atoms with Crippen molar-refractivity contribution in [2.24, 2.45) is 0 Å². The van der Waals surface area contributed by atoms with E-state index < -0.39 is 0 Å². The van der Waals surface area contributed by atoms with Crippen LogP contribution in [0.5, 0.6) is 0 Å². The number of amides is 2. The molecule has 6 heteroatoms. The van der Waals surface area contributed by atoms with Crippen LogP contribution in [-0.2, 0) is 0 Å². The van der Waals surface area contributed by atoms with Crippen molar-refractivity contribution in [1.29, 1.82) is 0 Å². The standard InChI is InChI=1S/C15H21N5O/c1-11(2)16-15(21)19-9-6-12(7-10-19)14-18-17-13-5-3-4-8-20(13)14/h3-5,8,11-12H,6-7,9-10H2,1-2H3,(H,16,21). The summed E-state index contributed by atoms with van der Waals surface area (Å²) in [6.07, 6.45) is 3.87. The molecule has 2 amide bonds. The molecule has 0 aromatic carbocycles. The number of carbonyl (C=O) groups is 1. The molecule has 0 atom stereocenters. The van der Waals surface area contributed by atoms with Crippen molar-refractivity contribution in [3.05, 3.63) is 30.2 Å². The maximum Gasteiger partial charge on any atom is 0.317 e. The molecular weight excluding hydrogens is 266 g/mol. The first-order chi connectivity index (χ1) is 10.1. The Morgan fingerprint density at radius 2 is 2.05 bits per heavy atom. The monoisotopic (exact) mass is 287 g/mol. The van der Waals surface area contributed by atoms with Gasteiger partial charge in [0.15, 0.2) is 5.65 Å². The maximum absolute atomic E-state index is 12.0. The third-order valence-corrected chi connectivity index (χ3v) is 3.90. The van der Waals surface area contributed by atoms with Crippen LogP contribution in [0, 0.1) is 0 Å². The fraction of sp³-hybridized carbons (Fsp3) is 0.533. The van der Waals surface area contributed by atoms with Gasteiger partial charge in [-0.2, -0.15) is 0 Å². The van der Waals surface area contributed by atoms with E-state index in [0.717, 1.165) is 37.4 Å². The van der Waals surface area contributed by atoms with Crippen molar-refractivity contribution in [1.82, 2.24) is 24.8 Å². The van der Waals surface area contributed by atoms with Crippen LogP contribution >= 0.6 is 0 Å². The summed E-state index contributed by atoms with van der Waals surface area (Å²) in [4.78, 5) is 13.9. The van der Waals surface area contributed by atoms with E-state index in [1.807, 2.05) is 43.1 Å². The van der Waals surface area contributed by atoms with Crippen molar-refractivity contribution >= 4 is 11.7 Å². The molecule has 0 unspecified atom stereocenters. The molecule has 1 aliphatic rings. The fourth-order valence-electron chi connectivity index (χ4n) is 2.82. The minimum absolute atomic E-state index is 0.0366. The molecule has 0 aliphatic carbocycles. The summed E-state index contributed by atoms with van der Waals surface area (Å²) < 4.78 is 2.05. The first-order valence-electron chi connectivity index (χ1n) is 7.50. The van der Waals surface area contributed by atoms with Gasteiger partial charge in [-0.25, -0.2) is 4.79 Å². The number of carbonyl (C=O) groups excluding carboxylic acids is 1. The molecule has 1 N–H and O–H groups in total. The average Bonchev–Trinajstić information content (AvgIpc) is 2.90. The molecule has 1 aliphatic heterocycles. The molecule has 112 valence electrons. The second kappa shape index (κ2) is 5.71. The average molecular weight is 287 g/mol. The van der Waals surface area contributed by atoms with Gasteiger partial charge >= 0.3 is 6.03 Å². The number of likely N-dealkylation sites (tertiary alicyclic amines) is 1. The normalized spacial score (nSPS) is 16.6. The molecule has 0 bridgehead atoms. The van der Waals surface area contributed by atoms with Gasteiger partial charge in [-0.05, 0) is 38.8 Å². The Balaban J connectivity index is 1.67. The van der Waals surface area contributed by atoms with Crippen LogP contribution in [0.25, 0.3) is 5.65 Å². The van der Waals surface area contributed by atoms with Crippen molar-refractivity contribution in [2.75, 3.05) is 13.1 Å². The van der Waals surface area contributed by atoms with E-state index in [-0.39, 0.29) is 12.1 Å². The van der Waals surface area contributed by atoms with E-state index in [1.165, 1.54) is 0 Å². The lowest BCUT2D eigenvalue weighted by Gasteiger charge is -2.31. The van der Waals surface area contributed by atoms with Gasteiger partial charge in [-0.3, -0.25) is 4.40 Å². The van der Waals surface area contributed by atoms with Crippen molar-refractivity contribution in [3.63, 3.8) is 0 Å². The second-order valence-electron chi connectivity index (χ2n) is 5.85. The summed E-state index contributed by atoms with van der Waals surface area (Å²) in [6, 6.07) is 6.13. The number of urea groups is 1. The Labute approximate surface area is 124 Å². The quantitative estimate of drug-likeness (QED) is 0.919. The van der Waals surface area contributed by atoms with Gasteiger partial charge in [-0.1, -0.05) is 6.07 Å². The van der Waals surface area contributed by atoms with Crippen molar-refractivity contribution in [2.45, 2.75) is 38.6 Å². The Morgan fingerprint density at radius 1 is 1.29 bits per heavy atom. The lowest BCUT2D eigenvalue weighted by Crippen LogP contribution is -2.46. The van der Waals surface area contributed by atoms with Gasteiger partial charge in [0.05, 0.1) is 0 Å². The Morgan fingerprint density at radius 3 is 2.76 bits per heavy atom. The molecule has 0 spiro atoms. The number of piperidine rings is 1. The number of nitrogens with one attached hydrogen (secondary N) is 1. The Hall–Kier alpha value is -2.11. The predicted octanol–water partition coefficient (Wildman–Crippen LogP) is 2.03. The Bertz CT molecular complexity index is 628. The minimum atomic E-state index is 0.0366. The molecule has 6 nitrogen and oxygen atoms in total. The summed E-state index contributed by atoms with van der Waals surface area (Å²) in [6.45, 7) is 5.50. The van der Waals surface area contributed by atoms with Gasteiger partial charge in [0, 0.05) is 31.2 Å². The number of hydrogen-bond acceptors (Lipinski definition) is 3. The lowest BCUT2D eigenvalue weighted by molar-refractivity contribution is 0.178. The van der Waals surface area contributed by atoms with E-state index >= 15 is 0 Å². The smallest absolute Gasteiger partial charge is 0.317 e. The fourth-order valence-corrected chi connectivity index (χ4v) is 2.82. The molecular formula is C15H21N5O. The highest BCUT2D eigenvalue weighted by atomic mass is 16.2. The molecule has 2 aromatic heterocycles. The highest BCUT2D eigenvalue weighted by Crippen LogP contribution is 2.27. The van der Waals surface area contributed by atoms with Gasteiger partial charge in [-0.15, -0.1) is 10.2 Å². The van der Waals surface area contributed by atoms with E-state index in [0.29, 0.717) is 5.92 Å². The van der Waals surface area contributed by atoms with Crippen LogP contribution in [0.4, 0.5) is 4.79 Å². The summed E-state index contributed by atoms with van der Waals surface area (Å²) in [5.41, 5.74) is 0.882. The number of rotatable bonds is 2. The lowest BCUT2D eigenvalue weighted by atomic mass is 9.96. The molecule has 1 saturated heterocycles. The van der Waals surface area contributed by atoms with E-state index in [2.05, 4.69) is 19.9 Å². The first kappa shape index (κ1) is 13.9. The summed E-state index contributed by atoms with van der Waals surface area (Å²) in [5.74, 6) is 1.38. The number of pyridine rings is 1. The molecule has 0 saturated carbocycles. The molecule has 3 heterocycles. The largest absolute Gasteiger partial charge is 0.336 e. The van der Waals surface area contributed by atoms with Crippen molar-refractivity contribution < 1.29 is 4.79 Å². The van der Waals surface area contributed by atoms with E-state index in [1.54, 1.807) is 0 Å². The summed E-state index contributed by atoms with van der Waals surface area (Å²) in [5, 5.41) is 11.5. The SMILES string of the molecule is CC(C)NC(=O)N1CCC(c2nnc3ccccn23)CC1. The van der Waals surface area contributed by atoms with Crippen molar-refractivity contribution in [3.8, 4) is 0 Å². The van der Waals surface area contributed by atoms with Crippen LogP contribution in [-0.4, -0.2) is 44.7 Å². The van der Waals surface area contributed by atoms with Crippen LogP contribution in [0.1, 0.15) is 38.4 Å². The predicted molar refractivity (Wildman–Crippen MR) is 80.2 cm³/mol. The highest BCUT2D eigenvalue weighted by molar-refractivity contribution is 5.74. The number of nitrogens with zero attached hydrogens (tertiary/aromatic N) is 4. The molecule has 21 heavy (non-hydrogen) atoms. The zero-order chi connectivity index (χ0) is 14.8. The number of fused-ring (bicyclic) bond motifs is 1. The highest BCUT2D eigenvalue weighted by Gasteiger charge is 2.26. The van der Waals surface area contributed by atoms with Crippen LogP contribution < -0.4 is 5.32 Å². The maximum atomic E-state index is 12.0. The first-order valence-corrected chi connectivity index (χ1v) is 7.50. The zero-order valence-electron chi connectivity index (χ0n) is 12.5. The Kier molecular flexibility index (Phi) is 3.77. The van der Waals surface area contributed by atoms with E-state index in [9.17, 15) is 4.79 Å². The summed E-state index contributed by atoms with van der Waals surface area (Å²) in [7, 11) is 0.